The van der Waals surface area contributed by atoms with E-state index in [-0.39, 0.29) is 56.2 Å². The van der Waals surface area contributed by atoms with E-state index in [1.54, 1.807) is 13.8 Å². The zero-order valence-electron chi connectivity index (χ0n) is 26.2. The Labute approximate surface area is 267 Å². The molecule has 0 saturated carbocycles. The van der Waals surface area contributed by atoms with Crippen LogP contribution in [-0.4, -0.2) is 47.9 Å². The lowest BCUT2D eigenvalue weighted by Gasteiger charge is -2.31. The minimum atomic E-state index is -1.25. The van der Waals surface area contributed by atoms with Crippen LogP contribution in [0.4, 0.5) is 11.4 Å². The number of hydrogen-bond donors (Lipinski definition) is 2. The van der Waals surface area contributed by atoms with Gasteiger partial charge in [-0.3, -0.25) is 20.2 Å². The molecule has 4 rings (SSSR count). The summed E-state index contributed by atoms with van der Waals surface area (Å²) in [5.41, 5.74) is 0.211. The fourth-order valence-electron chi connectivity index (χ4n) is 5.79. The quantitative estimate of drug-likeness (QED) is 0.136. The van der Waals surface area contributed by atoms with Gasteiger partial charge in [0.05, 0.1) is 58.2 Å². The largest absolute Gasteiger partial charge is 0.466 e. The summed E-state index contributed by atoms with van der Waals surface area (Å²) in [5.74, 6) is -6.56. The fourth-order valence-corrected chi connectivity index (χ4v) is 5.79. The summed E-state index contributed by atoms with van der Waals surface area (Å²) < 4.78 is 15.4. The average Bonchev–Trinajstić information content (AvgIpc) is 3.03. The number of nitrogens with one attached hydrogen (secondary N) is 2. The second kappa shape index (κ2) is 13.5. The van der Waals surface area contributed by atoms with Crippen LogP contribution in [0.5, 0.6) is 0 Å². The van der Waals surface area contributed by atoms with Crippen LogP contribution in [0.3, 0.4) is 0 Å². The second-order valence-corrected chi connectivity index (χ2v) is 10.6. The van der Waals surface area contributed by atoms with E-state index in [9.17, 15) is 39.4 Å². The highest BCUT2D eigenvalue weighted by molar-refractivity contribution is 6.08. The molecule has 0 unspecified atom stereocenters. The zero-order chi connectivity index (χ0) is 34.7. The Morgan fingerprint density at radius 1 is 0.596 bits per heavy atom. The molecule has 47 heavy (non-hydrogen) atoms. The van der Waals surface area contributed by atoms with Gasteiger partial charge in [-0.05, 0) is 38.8 Å². The summed E-state index contributed by atoms with van der Waals surface area (Å²) in [6.45, 7) is 6.12. The molecule has 0 saturated heterocycles. The molecule has 2 aliphatic rings. The maximum Gasteiger partial charge on any atom is 0.344 e. The van der Waals surface area contributed by atoms with Crippen molar-refractivity contribution in [2.75, 3.05) is 14.2 Å². The first-order valence-electron chi connectivity index (χ1n) is 14.0. The number of nitro groups is 2. The first kappa shape index (κ1) is 33.8. The lowest BCUT2D eigenvalue weighted by Crippen LogP contribution is -2.35. The molecular weight excluding hydrogens is 616 g/mol. The summed E-state index contributed by atoms with van der Waals surface area (Å²) in [5, 5.41) is 29.0. The third kappa shape index (κ3) is 6.49. The molecule has 2 aromatic carbocycles. The number of non-ortho nitro benzene ring substituents is 2. The first-order valence-corrected chi connectivity index (χ1v) is 14.0. The number of allylic oxidation sites excluding steroid dienone is 4. The summed E-state index contributed by atoms with van der Waals surface area (Å²) in [6.07, 6.45) is 0. The summed E-state index contributed by atoms with van der Waals surface area (Å²) in [6, 6.07) is 10.6. The number of benzene rings is 2. The van der Waals surface area contributed by atoms with Crippen molar-refractivity contribution in [3.63, 3.8) is 0 Å². The van der Waals surface area contributed by atoms with Crippen LogP contribution in [0, 0.1) is 20.2 Å². The van der Waals surface area contributed by atoms with Crippen LogP contribution >= 0.6 is 0 Å². The molecule has 2 aromatic rings. The van der Waals surface area contributed by atoms with Crippen molar-refractivity contribution in [2.45, 2.75) is 39.5 Å². The maximum absolute atomic E-state index is 14.0. The number of dihydropyridines is 2. The molecule has 0 spiro atoms. The van der Waals surface area contributed by atoms with Gasteiger partial charge in [0.25, 0.3) is 11.4 Å². The van der Waals surface area contributed by atoms with Crippen molar-refractivity contribution in [1.29, 1.82) is 0 Å². The Hall–Kier alpha value is -6.12. The van der Waals surface area contributed by atoms with Crippen LogP contribution in [-0.2, 0) is 33.4 Å². The summed E-state index contributed by atoms with van der Waals surface area (Å²) >= 11 is 0. The molecule has 0 amide bonds. The number of ether oxygens (including phenoxy) is 3. The van der Waals surface area contributed by atoms with Crippen LogP contribution in [0.25, 0.3) is 0 Å². The fraction of sp³-hybridized carbons (Fsp3) is 0.250. The second-order valence-electron chi connectivity index (χ2n) is 10.6. The molecule has 2 aliphatic heterocycles. The number of carbonyl (C=O) groups is 4. The topological polar surface area (TPSA) is 206 Å². The highest BCUT2D eigenvalue weighted by Crippen LogP contribution is 2.42. The van der Waals surface area contributed by atoms with Crippen molar-refractivity contribution in [2.24, 2.45) is 0 Å². The van der Waals surface area contributed by atoms with Crippen molar-refractivity contribution < 1.29 is 43.2 Å². The third-order valence-corrected chi connectivity index (χ3v) is 7.79. The normalized spacial score (nSPS) is 17.8. The molecule has 15 heteroatoms. The summed E-state index contributed by atoms with van der Waals surface area (Å²) in [7, 11) is 2.27. The van der Waals surface area contributed by atoms with Gasteiger partial charge < -0.3 is 24.8 Å². The first-order chi connectivity index (χ1) is 22.2. The molecule has 244 valence electrons. The number of hydrogen-bond acceptors (Lipinski definition) is 13. The Morgan fingerprint density at radius 2 is 0.915 bits per heavy atom. The molecule has 2 heterocycles. The number of methoxy groups -OCH3 is 2. The number of nitro benzene ring substituents is 2. The van der Waals surface area contributed by atoms with Crippen LogP contribution in [0.2, 0.25) is 0 Å². The monoisotopic (exact) mass is 646 g/mol. The number of nitrogens with zero attached hydrogens (tertiary/aromatic N) is 2. The van der Waals surface area contributed by atoms with Gasteiger partial charge in [0, 0.05) is 47.1 Å². The lowest BCUT2D eigenvalue weighted by atomic mass is 9.79. The van der Waals surface area contributed by atoms with Gasteiger partial charge in [-0.15, -0.1) is 0 Å². The smallest absolute Gasteiger partial charge is 0.344 e. The SMILES string of the molecule is COC(=O)C1=C(C)NC(C)=C(C(=O)OC(=O)C2=C(C)NC(C)=C(C(=O)OC)[C@@H]2c2cccc([N+](=O)[O-])c2)[C@@H]1c1cccc([N+](=O)[O-])c1. The molecule has 0 radical (unpaired) electrons. The van der Waals surface area contributed by atoms with E-state index in [2.05, 4.69) is 10.6 Å². The number of esters is 4. The van der Waals surface area contributed by atoms with Crippen molar-refractivity contribution in [3.8, 4) is 0 Å². The van der Waals surface area contributed by atoms with Gasteiger partial charge in [-0.25, -0.2) is 19.2 Å². The van der Waals surface area contributed by atoms with E-state index in [0.29, 0.717) is 11.4 Å². The molecule has 0 aliphatic carbocycles. The van der Waals surface area contributed by atoms with E-state index >= 15 is 0 Å². The lowest BCUT2D eigenvalue weighted by molar-refractivity contribution is -0.385. The highest BCUT2D eigenvalue weighted by atomic mass is 16.6. The molecule has 0 fully saturated rings. The Morgan fingerprint density at radius 3 is 1.21 bits per heavy atom. The number of carbonyl (C=O) groups excluding carboxylic acids is 4. The number of rotatable bonds is 8. The standard InChI is InChI=1S/C32H30N4O11/c1-15-23(29(37)45-5)27(19-9-7-11-21(13-19)35(41)42)25(17(3)33-15)31(39)47-32(40)26-18(4)34-16(2)24(30(38)46-6)28(26)20-10-8-12-22(14-20)36(43)44/h7-14,27-28,33-34H,1-6H3/t27-,28+. The molecular formula is C32H30N4O11. The van der Waals surface area contributed by atoms with Crippen molar-refractivity contribution in [3.05, 3.63) is 125 Å². The Kier molecular flexibility index (Phi) is 9.68. The van der Waals surface area contributed by atoms with E-state index in [1.165, 1.54) is 62.4 Å². The van der Waals surface area contributed by atoms with Gasteiger partial charge in [-0.2, -0.15) is 0 Å². The van der Waals surface area contributed by atoms with Crippen molar-refractivity contribution >= 4 is 35.3 Å². The van der Waals surface area contributed by atoms with Gasteiger partial charge in [0.2, 0.25) is 0 Å². The van der Waals surface area contributed by atoms with Gasteiger partial charge >= 0.3 is 23.9 Å². The maximum atomic E-state index is 14.0. The van der Waals surface area contributed by atoms with Gasteiger partial charge in [-0.1, -0.05) is 24.3 Å². The van der Waals surface area contributed by atoms with E-state index in [4.69, 9.17) is 14.2 Å². The van der Waals surface area contributed by atoms with Crippen molar-refractivity contribution in [1.82, 2.24) is 10.6 Å². The Balaban J connectivity index is 1.83. The minimum absolute atomic E-state index is 0.0475. The summed E-state index contributed by atoms with van der Waals surface area (Å²) in [4.78, 5) is 75.8. The molecule has 0 bridgehead atoms. The van der Waals surface area contributed by atoms with Gasteiger partial charge in [0.15, 0.2) is 0 Å². The van der Waals surface area contributed by atoms with Gasteiger partial charge in [0.1, 0.15) is 0 Å². The van der Waals surface area contributed by atoms with Crippen LogP contribution < -0.4 is 10.6 Å². The zero-order valence-corrected chi connectivity index (χ0v) is 26.2. The van der Waals surface area contributed by atoms with Crippen LogP contribution in [0.1, 0.15) is 50.7 Å². The molecule has 2 atom stereocenters. The predicted molar refractivity (Wildman–Crippen MR) is 164 cm³/mol. The van der Waals surface area contributed by atoms with E-state index in [0.717, 1.165) is 14.2 Å². The molecule has 2 N–H and O–H groups in total. The Bertz CT molecular complexity index is 1740. The molecule has 15 nitrogen and oxygen atoms in total. The minimum Gasteiger partial charge on any atom is -0.466 e. The predicted octanol–water partition coefficient (Wildman–Crippen LogP) is 4.09. The highest BCUT2D eigenvalue weighted by Gasteiger charge is 2.42. The average molecular weight is 647 g/mol. The molecule has 0 aromatic heterocycles. The van der Waals surface area contributed by atoms with Crippen LogP contribution in [0.15, 0.2) is 93.6 Å². The van der Waals surface area contributed by atoms with E-state index < -0.39 is 45.6 Å². The third-order valence-electron chi connectivity index (χ3n) is 7.79. The van der Waals surface area contributed by atoms with E-state index in [1.807, 2.05) is 0 Å².